The van der Waals surface area contributed by atoms with Gasteiger partial charge in [-0.05, 0) is 62.6 Å². The number of rotatable bonds is 8. The third kappa shape index (κ3) is 6.22. The average Bonchev–Trinajstić information content (AvgIpc) is 2.78. The molecule has 0 saturated carbocycles. The molecule has 4 atom stereocenters. The van der Waals surface area contributed by atoms with Crippen LogP contribution in [0.5, 0.6) is 0 Å². The molecule has 1 fully saturated rings. The fourth-order valence-corrected chi connectivity index (χ4v) is 6.05. The maximum Gasteiger partial charge on any atom is 0.253 e. The monoisotopic (exact) mass is 554 g/mol. The molecule has 10 heteroatoms. The number of carbonyl (C=O) groups is 2. The number of hydrogen-bond donors (Lipinski definition) is 1. The lowest BCUT2D eigenvalue weighted by Gasteiger charge is -2.48. The molecule has 1 aliphatic rings. The second-order valence-corrected chi connectivity index (χ2v) is 13.6. The molecule has 0 aliphatic carbocycles. The van der Waals surface area contributed by atoms with E-state index < -0.39 is 50.7 Å². The van der Waals surface area contributed by atoms with Crippen molar-refractivity contribution >= 4 is 44.9 Å². The zero-order chi connectivity index (χ0) is 26.8. The minimum absolute atomic E-state index is 0.242. The first kappa shape index (κ1) is 28.4. The van der Waals surface area contributed by atoms with Crippen molar-refractivity contribution in [3.63, 3.8) is 0 Å². The van der Waals surface area contributed by atoms with Gasteiger partial charge in [-0.3, -0.25) is 9.59 Å². The molecule has 2 aromatic rings. The Morgan fingerprint density at radius 3 is 2.25 bits per heavy atom. The quantitative estimate of drug-likeness (QED) is 0.500. The molecule has 1 unspecified atom stereocenters. The van der Waals surface area contributed by atoms with E-state index >= 15 is 0 Å². The summed E-state index contributed by atoms with van der Waals surface area (Å²) in [6.07, 6.45) is -1.86. The number of morpholine rings is 1. The molecule has 0 aromatic heterocycles. The van der Waals surface area contributed by atoms with Crippen LogP contribution in [0.1, 0.15) is 63.8 Å². The number of ether oxygens (including phenoxy) is 1. The highest BCUT2D eigenvalue weighted by Crippen LogP contribution is 2.45. The van der Waals surface area contributed by atoms with Crippen LogP contribution in [0.25, 0.3) is 0 Å². The summed E-state index contributed by atoms with van der Waals surface area (Å²) in [6, 6.07) is 12.7. The van der Waals surface area contributed by atoms with Gasteiger partial charge in [0.2, 0.25) is 5.91 Å². The number of carbonyl (C=O) groups excluding carboxylic acids is 2. The van der Waals surface area contributed by atoms with E-state index in [-0.39, 0.29) is 12.2 Å². The third-order valence-electron chi connectivity index (χ3n) is 6.41. The van der Waals surface area contributed by atoms with Crippen LogP contribution in [-0.4, -0.2) is 47.8 Å². The molecule has 0 bridgehead atoms. The third-order valence-corrected chi connectivity index (χ3v) is 9.59. The predicted molar refractivity (Wildman–Crippen MR) is 142 cm³/mol. The highest BCUT2D eigenvalue weighted by Gasteiger charge is 2.48. The van der Waals surface area contributed by atoms with Crippen molar-refractivity contribution in [2.24, 2.45) is 5.73 Å². The van der Waals surface area contributed by atoms with Crippen LogP contribution in [0.15, 0.2) is 48.5 Å². The summed E-state index contributed by atoms with van der Waals surface area (Å²) in [5.41, 5.74) is 6.84. The van der Waals surface area contributed by atoms with Gasteiger partial charge in [0.15, 0.2) is 9.84 Å². The molecule has 2 aromatic carbocycles. The van der Waals surface area contributed by atoms with Crippen molar-refractivity contribution in [2.45, 2.75) is 69.6 Å². The van der Waals surface area contributed by atoms with Gasteiger partial charge < -0.3 is 15.4 Å². The first-order valence-corrected chi connectivity index (χ1v) is 14.1. The van der Waals surface area contributed by atoms with Gasteiger partial charge in [-0.25, -0.2) is 8.42 Å². The Kier molecular flexibility index (Phi) is 8.76. The van der Waals surface area contributed by atoms with Crippen LogP contribution in [0, 0.1) is 0 Å². The zero-order valence-corrected chi connectivity index (χ0v) is 23.1. The number of primary amides is 1. The highest BCUT2D eigenvalue weighted by atomic mass is 35.5. The smallest absolute Gasteiger partial charge is 0.253 e. The van der Waals surface area contributed by atoms with Gasteiger partial charge in [-0.15, -0.1) is 0 Å². The van der Waals surface area contributed by atoms with E-state index in [4.69, 9.17) is 33.7 Å². The van der Waals surface area contributed by atoms with Crippen LogP contribution in [-0.2, 0) is 24.2 Å². The van der Waals surface area contributed by atoms with Crippen molar-refractivity contribution in [3.8, 4) is 0 Å². The first-order chi connectivity index (χ1) is 16.7. The first-order valence-electron chi connectivity index (χ1n) is 11.7. The Labute approximate surface area is 222 Å². The summed E-state index contributed by atoms with van der Waals surface area (Å²) >= 11 is 12.4. The number of halogens is 2. The van der Waals surface area contributed by atoms with E-state index in [1.807, 2.05) is 13.0 Å². The minimum Gasteiger partial charge on any atom is -0.370 e. The van der Waals surface area contributed by atoms with Crippen LogP contribution < -0.4 is 5.73 Å². The maximum atomic E-state index is 13.8. The normalized spacial score (nSPS) is 21.9. The largest absolute Gasteiger partial charge is 0.370 e. The van der Waals surface area contributed by atoms with Gasteiger partial charge >= 0.3 is 0 Å². The van der Waals surface area contributed by atoms with E-state index in [0.717, 1.165) is 0 Å². The lowest BCUT2D eigenvalue weighted by Crippen LogP contribution is -2.57. The number of nitrogens with zero attached hydrogens (tertiary/aromatic N) is 1. The van der Waals surface area contributed by atoms with E-state index in [0.29, 0.717) is 27.6 Å². The standard InChI is InChI=1S/C26H32Cl2N2O5S/c1-5-20(15-36(33,34)26(2,3)4)30-23(16-9-11-18(27)12-10-16)24(17-7-6-8-19(28)13-17)35-21(25(30)32)14-22(29)31/h6-13,20-21,23-24H,5,14-15H2,1-4H3,(H2,29,31)/t20?,21-,23+,24+/m0/s1. The highest BCUT2D eigenvalue weighted by molar-refractivity contribution is 7.92. The predicted octanol–water partition coefficient (Wildman–Crippen LogP) is 4.87. The van der Waals surface area contributed by atoms with Gasteiger partial charge in [-0.2, -0.15) is 0 Å². The fourth-order valence-electron chi connectivity index (χ4n) is 4.32. The molecule has 7 nitrogen and oxygen atoms in total. The Morgan fingerprint density at radius 1 is 1.08 bits per heavy atom. The van der Waals surface area contributed by atoms with Gasteiger partial charge in [-0.1, -0.05) is 54.4 Å². The summed E-state index contributed by atoms with van der Waals surface area (Å²) in [5.74, 6) is -1.42. The molecule has 1 heterocycles. The van der Waals surface area contributed by atoms with Gasteiger partial charge in [0.05, 0.1) is 23.0 Å². The summed E-state index contributed by atoms with van der Waals surface area (Å²) < 4.78 is 31.7. The van der Waals surface area contributed by atoms with Crippen molar-refractivity contribution in [2.75, 3.05) is 5.75 Å². The molecular formula is C26H32Cl2N2O5S. The van der Waals surface area contributed by atoms with Gasteiger partial charge in [0, 0.05) is 16.1 Å². The van der Waals surface area contributed by atoms with Crippen LogP contribution in [0.3, 0.4) is 0 Å². The molecule has 0 radical (unpaired) electrons. The number of sulfone groups is 1. The second kappa shape index (κ2) is 11.1. The van der Waals surface area contributed by atoms with Crippen LogP contribution in [0.2, 0.25) is 10.0 Å². The SMILES string of the molecule is CCC(CS(=O)(=O)C(C)(C)C)N1C(=O)[C@H](CC(N)=O)O[C@H](c2cccc(Cl)c2)[C@H]1c1ccc(Cl)cc1. The number of hydrogen-bond acceptors (Lipinski definition) is 5. The van der Waals surface area contributed by atoms with E-state index in [2.05, 4.69) is 0 Å². The molecule has 196 valence electrons. The lowest BCUT2D eigenvalue weighted by molar-refractivity contribution is -0.180. The lowest BCUT2D eigenvalue weighted by atomic mass is 9.89. The van der Waals surface area contributed by atoms with Crippen molar-refractivity contribution < 1.29 is 22.7 Å². The molecule has 2 amide bonds. The van der Waals surface area contributed by atoms with E-state index in [1.165, 1.54) is 0 Å². The van der Waals surface area contributed by atoms with Crippen LogP contribution >= 0.6 is 23.2 Å². The van der Waals surface area contributed by atoms with Crippen molar-refractivity contribution in [3.05, 3.63) is 69.7 Å². The topological polar surface area (TPSA) is 107 Å². The summed E-state index contributed by atoms with van der Waals surface area (Å²) in [5, 5.41) is 0.991. The zero-order valence-electron chi connectivity index (χ0n) is 20.8. The van der Waals surface area contributed by atoms with E-state index in [9.17, 15) is 18.0 Å². The number of nitrogens with two attached hydrogens (primary N) is 1. The molecule has 3 rings (SSSR count). The number of amides is 2. The molecule has 2 N–H and O–H groups in total. The Hall–Kier alpha value is -2.13. The summed E-state index contributed by atoms with van der Waals surface area (Å²) in [4.78, 5) is 27.2. The van der Waals surface area contributed by atoms with Gasteiger partial charge in [0.1, 0.15) is 12.2 Å². The molecule has 1 saturated heterocycles. The minimum atomic E-state index is -3.59. The van der Waals surface area contributed by atoms with Crippen molar-refractivity contribution in [1.29, 1.82) is 0 Å². The van der Waals surface area contributed by atoms with Crippen molar-refractivity contribution in [1.82, 2.24) is 4.90 Å². The Bertz CT molecular complexity index is 1210. The molecule has 1 aliphatic heterocycles. The molecule has 0 spiro atoms. The van der Waals surface area contributed by atoms with Gasteiger partial charge in [0.25, 0.3) is 5.91 Å². The Balaban J connectivity index is 2.21. The second-order valence-electron chi connectivity index (χ2n) is 9.97. The van der Waals surface area contributed by atoms with E-state index in [1.54, 1.807) is 68.1 Å². The Morgan fingerprint density at radius 2 is 1.72 bits per heavy atom. The summed E-state index contributed by atoms with van der Waals surface area (Å²) in [7, 11) is -3.59. The number of benzene rings is 2. The molecule has 36 heavy (non-hydrogen) atoms. The maximum absolute atomic E-state index is 13.8. The average molecular weight is 556 g/mol. The summed E-state index contributed by atoms with van der Waals surface area (Å²) in [6.45, 7) is 6.74. The molecular weight excluding hydrogens is 523 g/mol. The van der Waals surface area contributed by atoms with Crippen LogP contribution in [0.4, 0.5) is 0 Å². The fraction of sp³-hybridized carbons (Fsp3) is 0.462.